The van der Waals surface area contributed by atoms with Crippen molar-refractivity contribution in [3.05, 3.63) is 101 Å². The molecule has 4 atom stereocenters. The van der Waals surface area contributed by atoms with Crippen LogP contribution in [0.4, 0.5) is 5.69 Å². The molecule has 20 heteroatoms. The van der Waals surface area contributed by atoms with Gasteiger partial charge in [-0.15, -0.1) is 0 Å². The van der Waals surface area contributed by atoms with Gasteiger partial charge in [-0.3, -0.25) is 43.8 Å². The topological polar surface area (TPSA) is 244 Å². The minimum atomic E-state index is -1.15. The lowest BCUT2D eigenvalue weighted by Gasteiger charge is -2.37. The van der Waals surface area contributed by atoms with Gasteiger partial charge in [0, 0.05) is 31.5 Å². The minimum absolute atomic E-state index is 0.000953. The molecule has 0 aromatic heterocycles. The number of carbonyl (C=O) groups excluding carboxylic acids is 8. The Morgan fingerprint density at radius 1 is 0.740 bits per heavy atom. The van der Waals surface area contributed by atoms with E-state index in [1.807, 2.05) is 19.1 Å². The van der Waals surface area contributed by atoms with Gasteiger partial charge in [0.2, 0.25) is 29.4 Å². The molecule has 3 aliphatic rings. The summed E-state index contributed by atoms with van der Waals surface area (Å²) in [5, 5.41) is 7.69. The molecule has 0 radical (unpaired) electrons. The number of amides is 7. The van der Waals surface area contributed by atoms with E-state index >= 15 is 0 Å². The third kappa shape index (κ3) is 13.3. The van der Waals surface area contributed by atoms with Crippen LogP contribution in [0.2, 0.25) is 0 Å². The quantitative estimate of drug-likeness (QED) is 0.0359. The lowest BCUT2D eigenvalue weighted by Crippen LogP contribution is -2.54. The second kappa shape index (κ2) is 26.6. The molecule has 3 aliphatic heterocycles. The van der Waals surface area contributed by atoms with Crippen molar-refractivity contribution in [2.24, 2.45) is 0 Å². The van der Waals surface area contributed by atoms with Gasteiger partial charge in [0.25, 0.3) is 17.7 Å². The number of nitrogens with zero attached hydrogens (tertiary/aromatic N) is 2. The van der Waals surface area contributed by atoms with Gasteiger partial charge in [0.15, 0.2) is 29.6 Å². The Bertz CT molecular complexity index is 2830. The molecule has 0 bridgehead atoms. The smallest absolute Gasteiger partial charge is 0.329 e. The molecule has 7 rings (SSSR count). The average molecular weight is 1060 g/mol. The fourth-order valence-corrected chi connectivity index (χ4v) is 10.0. The van der Waals surface area contributed by atoms with E-state index in [0.29, 0.717) is 110 Å². The molecule has 1 unspecified atom stereocenters. The maximum Gasteiger partial charge on any atom is 0.329 e. The van der Waals surface area contributed by atoms with Crippen molar-refractivity contribution in [3.8, 4) is 34.5 Å². The molecule has 0 spiro atoms. The van der Waals surface area contributed by atoms with Crippen molar-refractivity contribution < 1.29 is 71.5 Å². The summed E-state index contributed by atoms with van der Waals surface area (Å²) in [6.07, 6.45) is 3.66. The highest BCUT2D eigenvalue weighted by molar-refractivity contribution is 6.26. The highest BCUT2D eigenvalue weighted by Gasteiger charge is 2.46. The first-order valence-electron chi connectivity index (χ1n) is 25.9. The highest BCUT2D eigenvalue weighted by Crippen LogP contribution is 2.42. The number of esters is 1. The number of aryl methyl sites for hydroxylation is 1. The van der Waals surface area contributed by atoms with Crippen molar-refractivity contribution in [2.75, 3.05) is 60.6 Å². The fourth-order valence-electron chi connectivity index (χ4n) is 10.0. The molecule has 0 aliphatic carbocycles. The lowest BCUT2D eigenvalue weighted by molar-refractivity contribution is -0.162. The van der Waals surface area contributed by atoms with Crippen molar-refractivity contribution in [1.29, 1.82) is 0 Å². The summed E-state index contributed by atoms with van der Waals surface area (Å²) in [6, 6.07) is 18.6. The zero-order chi connectivity index (χ0) is 55.2. The van der Waals surface area contributed by atoms with Gasteiger partial charge in [0.1, 0.15) is 23.9 Å². The Morgan fingerprint density at radius 3 is 2.18 bits per heavy atom. The van der Waals surface area contributed by atoms with Crippen molar-refractivity contribution >= 4 is 53.0 Å². The third-order valence-electron chi connectivity index (χ3n) is 13.9. The van der Waals surface area contributed by atoms with Crippen molar-refractivity contribution in [3.63, 3.8) is 0 Å². The van der Waals surface area contributed by atoms with E-state index in [9.17, 15) is 38.4 Å². The molecular weight excluding hydrogens is 995 g/mol. The summed E-state index contributed by atoms with van der Waals surface area (Å²) in [7, 11) is 7.65. The summed E-state index contributed by atoms with van der Waals surface area (Å²) < 4.78 is 40.4. The van der Waals surface area contributed by atoms with Gasteiger partial charge < -0.3 is 48.7 Å². The zero-order valence-corrected chi connectivity index (χ0v) is 44.4. The normalized spacial score (nSPS) is 16.9. The Morgan fingerprint density at radius 2 is 1.48 bits per heavy atom. The monoisotopic (exact) mass is 1060 g/mol. The number of nitrogens with one attached hydrogen (secondary N) is 3. The van der Waals surface area contributed by atoms with Crippen LogP contribution in [0.1, 0.15) is 127 Å². The highest BCUT2D eigenvalue weighted by atomic mass is 16.6. The van der Waals surface area contributed by atoms with Crippen LogP contribution in [0.5, 0.6) is 34.5 Å². The SMILES string of the molecule is CCC[C@H](C(=O)N1CCCC[C@H]1C(=O)O[C@H](CCc1ccc(OC)c(OC)c1)c1ccccc1OCC(=O)NCCCCC(=O)Nc1cccc2c1C(=O)N(C1CCC(=O)NC1=O)C2=O)c1cc(OC)c(OC)c(OC)c1. The lowest BCUT2D eigenvalue weighted by atomic mass is 9.90. The van der Waals surface area contributed by atoms with Crippen LogP contribution in [0.3, 0.4) is 0 Å². The summed E-state index contributed by atoms with van der Waals surface area (Å²) in [4.78, 5) is 109. The summed E-state index contributed by atoms with van der Waals surface area (Å²) in [6.45, 7) is 2.19. The molecule has 410 valence electrons. The Balaban J connectivity index is 0.989. The van der Waals surface area contributed by atoms with Gasteiger partial charge in [-0.05, 0) is 111 Å². The predicted molar refractivity (Wildman–Crippen MR) is 280 cm³/mol. The first-order valence-corrected chi connectivity index (χ1v) is 25.9. The van der Waals surface area contributed by atoms with Crippen molar-refractivity contribution in [1.82, 2.24) is 20.4 Å². The van der Waals surface area contributed by atoms with Crippen LogP contribution in [-0.4, -0.2) is 124 Å². The van der Waals surface area contributed by atoms with Crippen LogP contribution >= 0.6 is 0 Å². The molecule has 4 aromatic rings. The molecule has 20 nitrogen and oxygen atoms in total. The van der Waals surface area contributed by atoms with Gasteiger partial charge in [-0.2, -0.15) is 0 Å². The second-order valence-electron chi connectivity index (χ2n) is 18.9. The van der Waals surface area contributed by atoms with Crippen molar-refractivity contribution in [2.45, 2.75) is 108 Å². The zero-order valence-electron chi connectivity index (χ0n) is 44.4. The molecule has 3 N–H and O–H groups in total. The number of methoxy groups -OCH3 is 5. The molecular formula is C57H67N5O15. The molecule has 2 saturated heterocycles. The molecule has 0 saturated carbocycles. The number of likely N-dealkylation sites (tertiary alicyclic amines) is 1. The Hall–Kier alpha value is -8.16. The first-order chi connectivity index (χ1) is 37.2. The summed E-state index contributed by atoms with van der Waals surface area (Å²) in [5.74, 6) is -2.25. The van der Waals surface area contributed by atoms with E-state index in [-0.39, 0.29) is 55.1 Å². The molecule has 4 aromatic carbocycles. The van der Waals surface area contributed by atoms with E-state index in [4.69, 9.17) is 33.2 Å². The van der Waals surface area contributed by atoms with Crippen LogP contribution in [0, 0.1) is 0 Å². The van der Waals surface area contributed by atoms with E-state index in [0.717, 1.165) is 10.5 Å². The summed E-state index contributed by atoms with van der Waals surface area (Å²) >= 11 is 0. The number of ether oxygens (including phenoxy) is 7. The number of rotatable bonds is 25. The number of anilines is 1. The number of para-hydroxylation sites is 1. The van der Waals surface area contributed by atoms with E-state index in [1.165, 1.54) is 39.5 Å². The molecule has 2 fully saturated rings. The average Bonchev–Trinajstić information content (AvgIpc) is 3.73. The maximum atomic E-state index is 14.7. The minimum Gasteiger partial charge on any atom is -0.493 e. The van der Waals surface area contributed by atoms with Gasteiger partial charge >= 0.3 is 5.97 Å². The van der Waals surface area contributed by atoms with Crippen LogP contribution in [0.25, 0.3) is 0 Å². The fraction of sp³-hybridized carbons (Fsp3) is 0.439. The van der Waals surface area contributed by atoms with Gasteiger partial charge in [-0.1, -0.05) is 43.7 Å². The largest absolute Gasteiger partial charge is 0.493 e. The number of hydrogen-bond acceptors (Lipinski definition) is 15. The van der Waals surface area contributed by atoms with Crippen LogP contribution < -0.4 is 44.4 Å². The van der Waals surface area contributed by atoms with Crippen LogP contribution in [-0.2, 0) is 39.9 Å². The Kier molecular flexibility index (Phi) is 19.5. The van der Waals surface area contributed by atoms with E-state index in [2.05, 4.69) is 16.0 Å². The maximum absolute atomic E-state index is 14.7. The number of unbranched alkanes of at least 4 members (excludes halogenated alkanes) is 1. The molecule has 3 heterocycles. The second-order valence-corrected chi connectivity index (χ2v) is 18.9. The molecule has 7 amide bonds. The standard InChI is InChI=1S/C57H67N5O15/c1-7-15-36(35-31-46(73-4)52(75-6)47(32-35)74-5)54(67)61-29-13-11-19-41(61)57(70)77-43(25-22-34-23-26-44(71-2)45(30-34)72-3)37-16-8-9-20-42(37)76-33-50(65)58-28-12-10-21-48(63)59-39-18-14-17-38-51(39)56(69)62(55(38)68)40-24-27-49(64)60-53(40)66/h8-9,14,16-18,20,23,26,30-32,36,40-41,43H,7,10-13,15,19,21-22,24-25,27-29,33H2,1-6H3,(H,58,65)(H,59,63)(H,60,64,66)/t36-,40?,41-,43+/m0/s1. The number of hydrogen-bond donors (Lipinski definition) is 3. The van der Waals surface area contributed by atoms with Gasteiger partial charge in [0.05, 0.1) is 58.3 Å². The number of piperidine rings is 2. The number of fused-ring (bicyclic) bond motifs is 1. The van der Waals surface area contributed by atoms with Crippen LogP contribution in [0.15, 0.2) is 72.8 Å². The number of benzene rings is 4. The third-order valence-corrected chi connectivity index (χ3v) is 13.9. The van der Waals surface area contributed by atoms with E-state index in [1.54, 1.807) is 61.6 Å². The predicted octanol–water partition coefficient (Wildman–Crippen LogP) is 6.62. The Labute approximate surface area is 447 Å². The van der Waals surface area contributed by atoms with E-state index < -0.39 is 65.5 Å². The first kappa shape index (κ1) is 56.6. The number of imide groups is 2. The summed E-state index contributed by atoms with van der Waals surface area (Å²) in [5.41, 5.74) is 2.22. The molecule has 77 heavy (non-hydrogen) atoms. The van der Waals surface area contributed by atoms with Gasteiger partial charge in [-0.25, -0.2) is 4.79 Å². The number of carbonyl (C=O) groups is 8.